The summed E-state index contributed by atoms with van der Waals surface area (Å²) >= 11 is 6.10. The number of morpholine rings is 1. The number of furan rings is 1. The van der Waals surface area contributed by atoms with Gasteiger partial charge in [-0.05, 0) is 37.3 Å². The van der Waals surface area contributed by atoms with Gasteiger partial charge in [0.05, 0.1) is 19.8 Å². The molecule has 2 aromatic rings. The van der Waals surface area contributed by atoms with Gasteiger partial charge in [0, 0.05) is 41.6 Å². The molecule has 0 spiro atoms. The minimum Gasteiger partial charge on any atom is -0.493 e. The van der Waals surface area contributed by atoms with E-state index in [-0.39, 0.29) is 17.7 Å². The smallest absolute Gasteiger partial charge is 0.287 e. The van der Waals surface area contributed by atoms with Crippen molar-refractivity contribution in [2.24, 2.45) is 5.92 Å². The molecule has 3 aliphatic rings. The molecule has 144 valence electrons. The molecule has 6 nitrogen and oxygen atoms in total. The topological polar surface area (TPSA) is 63.9 Å². The third-order valence-corrected chi connectivity index (χ3v) is 6.14. The van der Waals surface area contributed by atoms with Crippen molar-refractivity contribution in [2.45, 2.75) is 37.5 Å². The Balaban J connectivity index is 1.27. The summed E-state index contributed by atoms with van der Waals surface area (Å²) in [5, 5.41) is 4.43. The van der Waals surface area contributed by atoms with Crippen molar-refractivity contribution in [3.8, 4) is 5.75 Å². The van der Waals surface area contributed by atoms with Crippen molar-refractivity contribution < 1.29 is 18.7 Å². The van der Waals surface area contributed by atoms with Gasteiger partial charge in [-0.2, -0.15) is 0 Å². The Morgan fingerprint density at radius 3 is 2.93 bits per heavy atom. The number of ether oxygens (including phenoxy) is 2. The van der Waals surface area contributed by atoms with Crippen molar-refractivity contribution in [3.63, 3.8) is 0 Å². The van der Waals surface area contributed by atoms with Crippen molar-refractivity contribution in [2.75, 3.05) is 26.8 Å². The van der Waals surface area contributed by atoms with Crippen molar-refractivity contribution in [1.82, 2.24) is 10.2 Å². The Morgan fingerprint density at radius 1 is 1.30 bits per heavy atom. The normalized spacial score (nSPS) is 28.3. The van der Waals surface area contributed by atoms with Crippen LogP contribution < -0.4 is 10.1 Å². The van der Waals surface area contributed by atoms with E-state index < -0.39 is 0 Å². The van der Waals surface area contributed by atoms with E-state index in [1.165, 1.54) is 12.8 Å². The average molecular weight is 391 g/mol. The minimum atomic E-state index is -0.200. The molecule has 5 rings (SSSR count). The molecule has 1 saturated carbocycles. The molecule has 1 aliphatic carbocycles. The quantitative estimate of drug-likeness (QED) is 0.869. The largest absolute Gasteiger partial charge is 0.493 e. The van der Waals surface area contributed by atoms with Crippen LogP contribution in [0.5, 0.6) is 5.75 Å². The van der Waals surface area contributed by atoms with E-state index in [0.29, 0.717) is 28.5 Å². The van der Waals surface area contributed by atoms with Crippen LogP contribution in [0.4, 0.5) is 0 Å². The highest BCUT2D eigenvalue weighted by Crippen LogP contribution is 2.38. The molecule has 0 radical (unpaired) electrons. The van der Waals surface area contributed by atoms with Crippen LogP contribution in [0.1, 0.15) is 29.8 Å². The first-order chi connectivity index (χ1) is 13.1. The number of halogens is 1. The highest BCUT2D eigenvalue weighted by molar-refractivity contribution is 6.31. The number of carbonyl (C=O) groups excluding carboxylic acids is 1. The lowest BCUT2D eigenvalue weighted by Gasteiger charge is -2.35. The van der Waals surface area contributed by atoms with E-state index in [1.807, 2.05) is 0 Å². The van der Waals surface area contributed by atoms with E-state index in [1.54, 1.807) is 25.3 Å². The van der Waals surface area contributed by atoms with E-state index in [0.717, 1.165) is 37.4 Å². The molecule has 0 bridgehead atoms. The van der Waals surface area contributed by atoms with Crippen LogP contribution in [-0.4, -0.2) is 55.8 Å². The van der Waals surface area contributed by atoms with E-state index in [9.17, 15) is 4.79 Å². The molecule has 7 heteroatoms. The fourth-order valence-electron chi connectivity index (χ4n) is 4.36. The maximum atomic E-state index is 12.7. The van der Waals surface area contributed by atoms with Gasteiger partial charge < -0.3 is 19.2 Å². The summed E-state index contributed by atoms with van der Waals surface area (Å²) in [5.74, 6) is 1.35. The lowest BCUT2D eigenvalue weighted by atomic mass is 10.1. The number of carbonyl (C=O) groups is 1. The van der Waals surface area contributed by atoms with Gasteiger partial charge in [0.1, 0.15) is 0 Å². The van der Waals surface area contributed by atoms with Gasteiger partial charge in [0.25, 0.3) is 5.91 Å². The molecule has 1 N–H and O–H groups in total. The first-order valence-corrected chi connectivity index (χ1v) is 9.92. The zero-order chi connectivity index (χ0) is 18.5. The van der Waals surface area contributed by atoms with Crippen molar-refractivity contribution >= 4 is 28.5 Å². The number of amides is 1. The average Bonchev–Trinajstić information content (AvgIpc) is 3.29. The molecule has 3 atom stereocenters. The number of nitrogens with zero attached hydrogens (tertiary/aromatic N) is 1. The Morgan fingerprint density at radius 2 is 2.15 bits per heavy atom. The standard InChI is InChI=1S/C20H23ClN2O4/c1-25-16-6-13(21)4-12-5-17(27-19(12)16)20(24)22-14-7-15-10-26-18(11-2-3-11)9-23(15)8-14/h4-6,11,14-15,18H,2-3,7-10H2,1H3,(H,22,24)/t14-,15+,18-/m1/s1. The molecular formula is C20H23ClN2O4. The minimum absolute atomic E-state index is 0.114. The van der Waals surface area contributed by atoms with E-state index in [4.69, 9.17) is 25.5 Å². The number of methoxy groups -OCH3 is 1. The van der Waals surface area contributed by atoms with Gasteiger partial charge in [-0.3, -0.25) is 9.69 Å². The van der Waals surface area contributed by atoms with Crippen LogP contribution in [0.3, 0.4) is 0 Å². The summed E-state index contributed by atoms with van der Waals surface area (Å²) in [6, 6.07) is 5.68. The molecule has 1 aromatic heterocycles. The first-order valence-electron chi connectivity index (χ1n) is 9.54. The highest BCUT2D eigenvalue weighted by atomic mass is 35.5. The fourth-order valence-corrected chi connectivity index (χ4v) is 4.58. The summed E-state index contributed by atoms with van der Waals surface area (Å²) in [5.41, 5.74) is 0.538. The molecule has 1 aromatic carbocycles. The maximum Gasteiger partial charge on any atom is 0.287 e. The van der Waals surface area contributed by atoms with Crippen molar-refractivity contribution in [3.05, 3.63) is 29.0 Å². The van der Waals surface area contributed by atoms with Crippen LogP contribution in [0.2, 0.25) is 5.02 Å². The van der Waals surface area contributed by atoms with E-state index >= 15 is 0 Å². The van der Waals surface area contributed by atoms with Gasteiger partial charge in [-0.25, -0.2) is 0 Å². The van der Waals surface area contributed by atoms with Crippen LogP contribution in [0, 0.1) is 5.92 Å². The number of hydrogen-bond donors (Lipinski definition) is 1. The Labute approximate surface area is 162 Å². The number of rotatable bonds is 4. The molecule has 3 heterocycles. The summed E-state index contributed by atoms with van der Waals surface area (Å²) in [4.78, 5) is 15.2. The van der Waals surface area contributed by atoms with Crippen LogP contribution >= 0.6 is 11.6 Å². The monoisotopic (exact) mass is 390 g/mol. The highest BCUT2D eigenvalue weighted by Gasteiger charge is 2.42. The second kappa shape index (κ2) is 6.69. The predicted molar refractivity (Wildman–Crippen MR) is 101 cm³/mol. The summed E-state index contributed by atoms with van der Waals surface area (Å²) < 4.78 is 17.1. The zero-order valence-electron chi connectivity index (χ0n) is 15.2. The second-order valence-corrected chi connectivity index (χ2v) is 8.30. The van der Waals surface area contributed by atoms with Gasteiger partial charge in [0.2, 0.25) is 0 Å². The number of hydrogen-bond acceptors (Lipinski definition) is 5. The van der Waals surface area contributed by atoms with Crippen LogP contribution in [-0.2, 0) is 4.74 Å². The van der Waals surface area contributed by atoms with Gasteiger partial charge in [-0.1, -0.05) is 11.6 Å². The Kier molecular flexibility index (Phi) is 4.30. The zero-order valence-corrected chi connectivity index (χ0v) is 16.0. The lowest BCUT2D eigenvalue weighted by Crippen LogP contribution is -2.47. The SMILES string of the molecule is COc1cc(Cl)cc2cc(C(=O)N[C@@H]3C[C@H]4CO[C@@H](C5CC5)CN4C3)oc12. The third-order valence-electron chi connectivity index (χ3n) is 5.92. The van der Waals surface area contributed by atoms with Gasteiger partial charge >= 0.3 is 0 Å². The first kappa shape index (κ1) is 17.3. The second-order valence-electron chi connectivity index (χ2n) is 7.86. The molecule has 27 heavy (non-hydrogen) atoms. The molecule has 0 unspecified atom stereocenters. The van der Waals surface area contributed by atoms with Crippen molar-refractivity contribution in [1.29, 1.82) is 0 Å². The fraction of sp³-hybridized carbons (Fsp3) is 0.550. The summed E-state index contributed by atoms with van der Waals surface area (Å²) in [6.45, 7) is 2.63. The van der Waals surface area contributed by atoms with E-state index in [2.05, 4.69) is 10.2 Å². The third kappa shape index (κ3) is 3.30. The molecule has 2 aliphatic heterocycles. The lowest BCUT2D eigenvalue weighted by molar-refractivity contribution is -0.0581. The Hall–Kier alpha value is -1.76. The summed E-state index contributed by atoms with van der Waals surface area (Å²) in [7, 11) is 1.55. The molecule has 2 saturated heterocycles. The van der Waals surface area contributed by atoms with Crippen LogP contribution in [0.25, 0.3) is 11.0 Å². The number of fused-ring (bicyclic) bond motifs is 2. The molecular weight excluding hydrogens is 368 g/mol. The maximum absolute atomic E-state index is 12.7. The van der Waals surface area contributed by atoms with Crippen LogP contribution in [0.15, 0.2) is 22.6 Å². The summed E-state index contributed by atoms with van der Waals surface area (Å²) in [6.07, 6.45) is 3.88. The molecule has 3 fully saturated rings. The Bertz CT molecular complexity index is 878. The predicted octanol–water partition coefficient (Wildman–Crippen LogP) is 3.08. The number of nitrogens with one attached hydrogen (secondary N) is 1. The van der Waals surface area contributed by atoms with Gasteiger partial charge in [0.15, 0.2) is 17.1 Å². The molecule has 1 amide bonds. The van der Waals surface area contributed by atoms with Gasteiger partial charge in [-0.15, -0.1) is 0 Å². The number of benzene rings is 1.